The molecule has 1 nitrogen and oxygen atoms in total. The number of hydrogen-bond acceptors (Lipinski definition) is 1. The summed E-state index contributed by atoms with van der Waals surface area (Å²) >= 11 is 6.01. The van der Waals surface area contributed by atoms with E-state index in [9.17, 15) is 4.39 Å². The fourth-order valence-electron chi connectivity index (χ4n) is 2.21. The van der Waals surface area contributed by atoms with E-state index >= 15 is 0 Å². The molecule has 2 aromatic carbocycles. The molecule has 0 radical (unpaired) electrons. The zero-order valence-electron chi connectivity index (χ0n) is 11.8. The molecular weight excluding hydrogens is 273 g/mol. The van der Waals surface area contributed by atoms with E-state index in [-0.39, 0.29) is 11.9 Å². The summed E-state index contributed by atoms with van der Waals surface area (Å²) in [5.41, 5.74) is 2.96. The van der Waals surface area contributed by atoms with Crippen molar-refractivity contribution >= 4 is 17.3 Å². The topological polar surface area (TPSA) is 12.0 Å². The average molecular weight is 292 g/mol. The second-order valence-electron chi connectivity index (χ2n) is 5.17. The van der Waals surface area contributed by atoms with Crippen LogP contribution in [-0.2, 0) is 6.42 Å². The largest absolute Gasteiger partial charge is 0.379 e. The van der Waals surface area contributed by atoms with E-state index in [0.29, 0.717) is 10.7 Å². The van der Waals surface area contributed by atoms with Gasteiger partial charge in [-0.1, -0.05) is 47.5 Å². The zero-order valence-corrected chi connectivity index (χ0v) is 12.5. The second kappa shape index (κ2) is 6.76. The number of aryl methyl sites for hydroxylation is 2. The van der Waals surface area contributed by atoms with Crippen LogP contribution < -0.4 is 5.32 Å². The smallest absolute Gasteiger partial charge is 0.147 e. The number of rotatable bonds is 5. The van der Waals surface area contributed by atoms with Crippen molar-refractivity contribution in [1.82, 2.24) is 0 Å². The van der Waals surface area contributed by atoms with Crippen LogP contribution in [0.1, 0.15) is 24.5 Å². The molecule has 0 aliphatic carbocycles. The third kappa shape index (κ3) is 3.97. The minimum atomic E-state index is -0.306. The fraction of sp³-hybridized carbons (Fsp3) is 0.294. The van der Waals surface area contributed by atoms with E-state index in [1.54, 1.807) is 12.1 Å². The molecule has 2 aromatic rings. The molecule has 0 saturated heterocycles. The van der Waals surface area contributed by atoms with Crippen molar-refractivity contribution in [2.24, 2.45) is 0 Å². The Kier molecular flexibility index (Phi) is 5.02. The van der Waals surface area contributed by atoms with Gasteiger partial charge >= 0.3 is 0 Å². The van der Waals surface area contributed by atoms with Crippen LogP contribution in [0.5, 0.6) is 0 Å². The summed E-state index contributed by atoms with van der Waals surface area (Å²) in [5.74, 6) is -0.306. The quantitative estimate of drug-likeness (QED) is 0.796. The van der Waals surface area contributed by atoms with E-state index in [1.165, 1.54) is 17.2 Å². The lowest BCUT2D eigenvalue weighted by atomic mass is 10.0. The first-order valence-electron chi connectivity index (χ1n) is 6.82. The molecule has 0 heterocycles. The molecule has 0 aromatic heterocycles. The molecular formula is C17H19ClFN. The third-order valence-corrected chi connectivity index (χ3v) is 3.62. The minimum absolute atomic E-state index is 0.157. The zero-order chi connectivity index (χ0) is 14.5. The molecule has 3 heteroatoms. The summed E-state index contributed by atoms with van der Waals surface area (Å²) in [6.45, 7) is 4.13. The van der Waals surface area contributed by atoms with Crippen molar-refractivity contribution < 1.29 is 4.39 Å². The Morgan fingerprint density at radius 2 is 1.95 bits per heavy atom. The van der Waals surface area contributed by atoms with Gasteiger partial charge in [0.05, 0.1) is 10.7 Å². The van der Waals surface area contributed by atoms with Gasteiger partial charge in [0.2, 0.25) is 0 Å². The summed E-state index contributed by atoms with van der Waals surface area (Å²) in [4.78, 5) is 0. The van der Waals surface area contributed by atoms with Crippen LogP contribution in [-0.4, -0.2) is 6.04 Å². The van der Waals surface area contributed by atoms with Crippen LogP contribution in [0.15, 0.2) is 42.5 Å². The SMILES string of the molecule is Cc1cccc(CCC(C)Nc2c(F)cccc2Cl)c1. The van der Waals surface area contributed by atoms with Gasteiger partial charge in [0.25, 0.3) is 0 Å². The first kappa shape index (κ1) is 14.9. The average Bonchev–Trinajstić information content (AvgIpc) is 2.41. The molecule has 20 heavy (non-hydrogen) atoms. The lowest BCUT2D eigenvalue weighted by molar-refractivity contribution is 0.622. The van der Waals surface area contributed by atoms with E-state index in [0.717, 1.165) is 12.8 Å². The highest BCUT2D eigenvalue weighted by molar-refractivity contribution is 6.33. The van der Waals surface area contributed by atoms with Crippen molar-refractivity contribution in [2.45, 2.75) is 32.7 Å². The van der Waals surface area contributed by atoms with Crippen LogP contribution in [0, 0.1) is 12.7 Å². The fourth-order valence-corrected chi connectivity index (χ4v) is 2.42. The van der Waals surface area contributed by atoms with Gasteiger partial charge in [-0.25, -0.2) is 4.39 Å². The van der Waals surface area contributed by atoms with Gasteiger partial charge in [-0.15, -0.1) is 0 Å². The van der Waals surface area contributed by atoms with Crippen molar-refractivity contribution in [2.75, 3.05) is 5.32 Å². The monoisotopic (exact) mass is 291 g/mol. The van der Waals surface area contributed by atoms with Gasteiger partial charge in [0, 0.05) is 6.04 Å². The van der Waals surface area contributed by atoms with Crippen LogP contribution in [0.3, 0.4) is 0 Å². The standard InChI is InChI=1S/C17H19ClFN/c1-12-5-3-6-14(11-12)10-9-13(2)20-17-15(18)7-4-8-16(17)19/h3-8,11,13,20H,9-10H2,1-2H3. The van der Waals surface area contributed by atoms with Crippen LogP contribution in [0.4, 0.5) is 10.1 Å². The maximum atomic E-state index is 13.7. The first-order valence-corrected chi connectivity index (χ1v) is 7.20. The molecule has 0 aliphatic heterocycles. The van der Waals surface area contributed by atoms with Gasteiger partial charge in [-0.3, -0.25) is 0 Å². The molecule has 1 unspecified atom stereocenters. The Labute approximate surface area is 124 Å². The molecule has 0 fully saturated rings. The number of benzene rings is 2. The third-order valence-electron chi connectivity index (χ3n) is 3.30. The predicted molar refractivity (Wildman–Crippen MR) is 84.0 cm³/mol. The highest BCUT2D eigenvalue weighted by Gasteiger charge is 2.10. The van der Waals surface area contributed by atoms with Crippen molar-refractivity contribution in [1.29, 1.82) is 0 Å². The van der Waals surface area contributed by atoms with Crippen molar-refractivity contribution in [3.63, 3.8) is 0 Å². The van der Waals surface area contributed by atoms with E-state index in [4.69, 9.17) is 11.6 Å². The molecule has 106 valence electrons. The van der Waals surface area contributed by atoms with E-state index < -0.39 is 0 Å². The molecule has 0 aliphatic rings. The Morgan fingerprint density at radius 3 is 2.65 bits per heavy atom. The first-order chi connectivity index (χ1) is 9.56. The predicted octanol–water partition coefficient (Wildman–Crippen LogP) is 5.22. The summed E-state index contributed by atoms with van der Waals surface area (Å²) in [6.07, 6.45) is 1.88. The maximum Gasteiger partial charge on any atom is 0.147 e. The highest BCUT2D eigenvalue weighted by Crippen LogP contribution is 2.25. The normalized spacial score (nSPS) is 12.2. The van der Waals surface area contributed by atoms with E-state index in [2.05, 4.69) is 36.5 Å². The van der Waals surface area contributed by atoms with Crippen molar-refractivity contribution in [3.05, 3.63) is 64.4 Å². The number of nitrogens with one attached hydrogen (secondary N) is 1. The molecule has 0 saturated carbocycles. The molecule has 0 amide bonds. The van der Waals surface area contributed by atoms with Gasteiger partial charge < -0.3 is 5.32 Å². The number of anilines is 1. The van der Waals surface area contributed by atoms with Gasteiger partial charge in [-0.2, -0.15) is 0 Å². The summed E-state index contributed by atoms with van der Waals surface area (Å²) in [6, 6.07) is 13.3. The van der Waals surface area contributed by atoms with Gasteiger partial charge in [-0.05, 0) is 44.4 Å². The molecule has 1 N–H and O–H groups in total. The van der Waals surface area contributed by atoms with Crippen LogP contribution in [0.2, 0.25) is 5.02 Å². The molecule has 0 spiro atoms. The maximum absolute atomic E-state index is 13.7. The summed E-state index contributed by atoms with van der Waals surface area (Å²) in [5, 5.41) is 3.58. The molecule has 0 bridgehead atoms. The Morgan fingerprint density at radius 1 is 1.20 bits per heavy atom. The summed E-state index contributed by atoms with van der Waals surface area (Å²) in [7, 11) is 0. The Bertz CT molecular complexity index is 563. The van der Waals surface area contributed by atoms with E-state index in [1.807, 2.05) is 6.92 Å². The van der Waals surface area contributed by atoms with Crippen LogP contribution in [0.25, 0.3) is 0 Å². The summed E-state index contributed by atoms with van der Waals surface area (Å²) < 4.78 is 13.7. The van der Waals surface area contributed by atoms with Gasteiger partial charge in [0.1, 0.15) is 5.82 Å². The number of hydrogen-bond donors (Lipinski definition) is 1. The highest BCUT2D eigenvalue weighted by atomic mass is 35.5. The molecule has 1 atom stereocenters. The second-order valence-corrected chi connectivity index (χ2v) is 5.58. The van der Waals surface area contributed by atoms with Crippen LogP contribution >= 0.6 is 11.6 Å². The molecule has 2 rings (SSSR count). The van der Waals surface area contributed by atoms with Crippen molar-refractivity contribution in [3.8, 4) is 0 Å². The Hall–Kier alpha value is -1.54. The Balaban J connectivity index is 1.94. The number of halogens is 2. The lowest BCUT2D eigenvalue weighted by Crippen LogP contribution is -2.17. The van der Waals surface area contributed by atoms with Gasteiger partial charge in [0.15, 0.2) is 0 Å². The number of para-hydroxylation sites is 1. The minimum Gasteiger partial charge on any atom is -0.379 e. The lowest BCUT2D eigenvalue weighted by Gasteiger charge is -2.17.